The summed E-state index contributed by atoms with van der Waals surface area (Å²) in [7, 11) is 0. The second-order valence-corrected chi connectivity index (χ2v) is 5.03. The number of fused-ring (bicyclic) bond motifs is 3. The van der Waals surface area contributed by atoms with Gasteiger partial charge >= 0.3 is 0 Å². The van der Waals surface area contributed by atoms with E-state index in [0.29, 0.717) is 0 Å². The maximum atomic E-state index is 2.47. The summed E-state index contributed by atoms with van der Waals surface area (Å²) in [5.74, 6) is 7.13. The lowest BCUT2D eigenvalue weighted by Gasteiger charge is -1.97. The van der Waals surface area contributed by atoms with Gasteiger partial charge in [0.2, 0.25) is 0 Å². The van der Waals surface area contributed by atoms with Gasteiger partial charge in [-0.05, 0) is 41.9 Å². The molecule has 3 fully saturated rings. The second kappa shape index (κ2) is 1.84. The highest BCUT2D eigenvalue weighted by Gasteiger charge is 2.70. The third-order valence-corrected chi connectivity index (χ3v) is 4.64. The molecule has 6 atom stereocenters. The molecule has 3 saturated carbocycles. The van der Waals surface area contributed by atoms with Gasteiger partial charge in [0.15, 0.2) is 0 Å². The highest BCUT2D eigenvalue weighted by atomic mass is 14.7. The molecule has 3 rings (SSSR count). The summed E-state index contributed by atoms with van der Waals surface area (Å²) >= 11 is 0. The van der Waals surface area contributed by atoms with E-state index < -0.39 is 0 Å². The molecule has 11 heavy (non-hydrogen) atoms. The summed E-state index contributed by atoms with van der Waals surface area (Å²) in [6, 6.07) is 0. The van der Waals surface area contributed by atoms with Crippen LogP contribution in [-0.2, 0) is 0 Å². The summed E-state index contributed by atoms with van der Waals surface area (Å²) < 4.78 is 0. The Kier molecular flexibility index (Phi) is 1.09. The third kappa shape index (κ3) is 0.666. The Bertz CT molecular complexity index is 184. The molecule has 0 aromatic carbocycles. The van der Waals surface area contributed by atoms with Crippen LogP contribution in [0.5, 0.6) is 0 Å². The third-order valence-electron chi connectivity index (χ3n) is 4.64. The first-order valence-electron chi connectivity index (χ1n) is 5.34. The van der Waals surface area contributed by atoms with Crippen molar-refractivity contribution in [1.29, 1.82) is 0 Å². The molecule has 3 aliphatic rings. The molecule has 0 heteroatoms. The van der Waals surface area contributed by atoms with Gasteiger partial charge < -0.3 is 0 Å². The van der Waals surface area contributed by atoms with Crippen LogP contribution in [0.4, 0.5) is 0 Å². The zero-order valence-corrected chi connectivity index (χ0v) is 7.59. The minimum absolute atomic E-state index is 1.12. The smallest absolute Gasteiger partial charge is 0.0318 e. The first-order chi connectivity index (χ1) is 5.34. The molecule has 0 bridgehead atoms. The van der Waals surface area contributed by atoms with Crippen molar-refractivity contribution in [1.82, 2.24) is 0 Å². The van der Waals surface area contributed by atoms with Gasteiger partial charge in [-0.25, -0.2) is 0 Å². The van der Waals surface area contributed by atoms with E-state index in [-0.39, 0.29) is 0 Å². The molecule has 0 spiro atoms. The van der Waals surface area contributed by atoms with Crippen molar-refractivity contribution >= 4 is 0 Å². The van der Waals surface area contributed by atoms with Crippen LogP contribution in [0.2, 0.25) is 0 Å². The minimum Gasteiger partial charge on any atom is -0.0654 e. The lowest BCUT2D eigenvalue weighted by Crippen LogP contribution is -1.88. The average Bonchev–Trinajstić information content (AvgIpc) is 2.80. The van der Waals surface area contributed by atoms with Crippen molar-refractivity contribution in [2.45, 2.75) is 33.1 Å². The van der Waals surface area contributed by atoms with Crippen LogP contribution in [0.3, 0.4) is 0 Å². The first-order valence-corrected chi connectivity index (χ1v) is 5.34. The predicted molar refractivity (Wildman–Crippen MR) is 46.1 cm³/mol. The Morgan fingerprint density at radius 3 is 2.64 bits per heavy atom. The highest BCUT2D eigenvalue weighted by molar-refractivity contribution is 5.18. The van der Waals surface area contributed by atoms with E-state index in [1.807, 2.05) is 0 Å². The van der Waals surface area contributed by atoms with Crippen molar-refractivity contribution in [3.8, 4) is 0 Å². The van der Waals surface area contributed by atoms with Crippen molar-refractivity contribution in [2.24, 2.45) is 35.5 Å². The van der Waals surface area contributed by atoms with Gasteiger partial charge in [-0.1, -0.05) is 26.7 Å². The molecule has 0 N–H and O–H groups in total. The summed E-state index contributed by atoms with van der Waals surface area (Å²) in [5, 5.41) is 0. The van der Waals surface area contributed by atoms with Gasteiger partial charge in [0, 0.05) is 0 Å². The van der Waals surface area contributed by atoms with Gasteiger partial charge in [-0.2, -0.15) is 0 Å². The molecule has 0 nitrogen and oxygen atoms in total. The van der Waals surface area contributed by atoms with Crippen molar-refractivity contribution in [3.63, 3.8) is 0 Å². The fourth-order valence-electron chi connectivity index (χ4n) is 4.02. The Morgan fingerprint density at radius 2 is 2.00 bits per heavy atom. The van der Waals surface area contributed by atoms with Crippen LogP contribution < -0.4 is 0 Å². The van der Waals surface area contributed by atoms with E-state index in [4.69, 9.17) is 0 Å². The Hall–Kier alpha value is 0. The Balaban J connectivity index is 1.66. The van der Waals surface area contributed by atoms with Crippen molar-refractivity contribution in [2.75, 3.05) is 0 Å². The van der Waals surface area contributed by atoms with Crippen molar-refractivity contribution in [3.05, 3.63) is 0 Å². The molecule has 62 valence electrons. The van der Waals surface area contributed by atoms with E-state index in [0.717, 1.165) is 5.92 Å². The van der Waals surface area contributed by atoms with Gasteiger partial charge in [-0.15, -0.1) is 0 Å². The largest absolute Gasteiger partial charge is 0.0654 e. The zero-order chi connectivity index (χ0) is 7.59. The van der Waals surface area contributed by atoms with E-state index >= 15 is 0 Å². The Labute approximate surface area is 69.4 Å². The summed E-state index contributed by atoms with van der Waals surface area (Å²) in [4.78, 5) is 0. The minimum atomic E-state index is 1.12. The molecule has 3 aliphatic carbocycles. The number of hydrogen-bond donors (Lipinski definition) is 0. The molecule has 0 aromatic heterocycles. The standard InChI is InChI=1S/C11H18/c1-3-4-7-9-5-8-6(2)10(8)11(7)9/h6-11H,3-5H2,1-2H3. The van der Waals surface area contributed by atoms with Crippen LogP contribution in [0.1, 0.15) is 33.1 Å². The van der Waals surface area contributed by atoms with Crippen LogP contribution >= 0.6 is 0 Å². The van der Waals surface area contributed by atoms with Crippen LogP contribution in [0.15, 0.2) is 0 Å². The SMILES string of the molecule is CCCC1C2CC3C(C)C3C12. The summed E-state index contributed by atoms with van der Waals surface area (Å²) in [5.41, 5.74) is 0. The second-order valence-electron chi connectivity index (χ2n) is 5.03. The lowest BCUT2D eigenvalue weighted by atomic mass is 10.1. The average molecular weight is 150 g/mol. The van der Waals surface area contributed by atoms with E-state index in [9.17, 15) is 0 Å². The molecule has 0 aromatic rings. The first kappa shape index (κ1) is 6.51. The lowest BCUT2D eigenvalue weighted by molar-refractivity contribution is 0.531. The van der Waals surface area contributed by atoms with E-state index in [2.05, 4.69) is 13.8 Å². The maximum Gasteiger partial charge on any atom is -0.0318 e. The van der Waals surface area contributed by atoms with Crippen molar-refractivity contribution < 1.29 is 0 Å². The maximum absolute atomic E-state index is 2.47. The Morgan fingerprint density at radius 1 is 1.18 bits per heavy atom. The predicted octanol–water partition coefficient (Wildman–Crippen LogP) is 2.93. The molecule has 0 aliphatic heterocycles. The topological polar surface area (TPSA) is 0 Å². The zero-order valence-electron chi connectivity index (χ0n) is 7.59. The molecular weight excluding hydrogens is 132 g/mol. The molecule has 0 radical (unpaired) electrons. The monoisotopic (exact) mass is 150 g/mol. The van der Waals surface area contributed by atoms with Gasteiger partial charge in [0.05, 0.1) is 0 Å². The molecule has 6 unspecified atom stereocenters. The normalized spacial score (nSPS) is 63.8. The van der Waals surface area contributed by atoms with Crippen LogP contribution in [-0.4, -0.2) is 0 Å². The van der Waals surface area contributed by atoms with Gasteiger partial charge in [0.25, 0.3) is 0 Å². The van der Waals surface area contributed by atoms with Crippen LogP contribution in [0, 0.1) is 35.5 Å². The fourth-order valence-corrected chi connectivity index (χ4v) is 4.02. The molecule has 0 heterocycles. The summed E-state index contributed by atoms with van der Waals surface area (Å²) in [6.45, 7) is 4.80. The number of hydrogen-bond acceptors (Lipinski definition) is 0. The highest BCUT2D eigenvalue weighted by Crippen LogP contribution is 2.75. The summed E-state index contributed by atoms with van der Waals surface area (Å²) in [6.07, 6.45) is 4.57. The fraction of sp³-hybridized carbons (Fsp3) is 1.00. The molecule has 0 amide bonds. The van der Waals surface area contributed by atoms with E-state index in [1.54, 1.807) is 6.42 Å². The number of rotatable bonds is 2. The van der Waals surface area contributed by atoms with Gasteiger partial charge in [-0.3, -0.25) is 0 Å². The quantitative estimate of drug-likeness (QED) is 0.567. The molecule has 0 saturated heterocycles. The van der Waals surface area contributed by atoms with Gasteiger partial charge in [0.1, 0.15) is 0 Å². The van der Waals surface area contributed by atoms with Crippen LogP contribution in [0.25, 0.3) is 0 Å². The van der Waals surface area contributed by atoms with E-state index in [1.165, 1.54) is 42.4 Å². The molecular formula is C11H18.